The Morgan fingerprint density at radius 1 is 1.35 bits per heavy atom. The first-order valence-corrected chi connectivity index (χ1v) is 6.49. The van der Waals surface area contributed by atoms with Crippen molar-refractivity contribution in [1.29, 1.82) is 0 Å². The van der Waals surface area contributed by atoms with E-state index in [0.717, 1.165) is 5.39 Å². The monoisotopic (exact) mass is 295 g/mol. The number of fused-ring (bicyclic) bond motifs is 1. The average molecular weight is 296 g/mol. The smallest absolute Gasteiger partial charge is 0.338 e. The standard InChI is InChI=1S/C14H14ClNO4/c1-2-20-14(19)13(18)12(17)9-3-5-10-8(7-9)4-6-11(15)16-10/h3-7,12-13,17-18H,2H2,1H3. The van der Waals surface area contributed by atoms with Crippen LogP contribution in [-0.4, -0.2) is 33.9 Å². The zero-order valence-electron chi connectivity index (χ0n) is 10.8. The second-order valence-corrected chi connectivity index (χ2v) is 4.62. The molecule has 2 aromatic rings. The molecule has 2 rings (SSSR count). The second kappa shape index (κ2) is 6.17. The van der Waals surface area contributed by atoms with Crippen molar-refractivity contribution < 1.29 is 19.7 Å². The minimum Gasteiger partial charge on any atom is -0.464 e. The van der Waals surface area contributed by atoms with Crippen molar-refractivity contribution in [2.45, 2.75) is 19.1 Å². The first-order valence-electron chi connectivity index (χ1n) is 6.12. The number of carbonyl (C=O) groups is 1. The molecule has 0 saturated heterocycles. The molecule has 0 aliphatic carbocycles. The van der Waals surface area contributed by atoms with Crippen molar-refractivity contribution in [2.75, 3.05) is 6.61 Å². The van der Waals surface area contributed by atoms with Gasteiger partial charge in [0.15, 0.2) is 6.10 Å². The van der Waals surface area contributed by atoms with Gasteiger partial charge in [-0.05, 0) is 36.8 Å². The van der Waals surface area contributed by atoms with Gasteiger partial charge in [0.25, 0.3) is 0 Å². The lowest BCUT2D eigenvalue weighted by Crippen LogP contribution is -2.29. The van der Waals surface area contributed by atoms with Crippen molar-refractivity contribution in [1.82, 2.24) is 4.98 Å². The van der Waals surface area contributed by atoms with E-state index in [9.17, 15) is 15.0 Å². The zero-order valence-corrected chi connectivity index (χ0v) is 11.5. The van der Waals surface area contributed by atoms with Crippen LogP contribution in [0.3, 0.4) is 0 Å². The molecular weight excluding hydrogens is 282 g/mol. The maximum Gasteiger partial charge on any atom is 0.338 e. The molecule has 106 valence electrons. The molecule has 2 atom stereocenters. The number of hydrogen-bond donors (Lipinski definition) is 2. The SMILES string of the molecule is CCOC(=O)C(O)C(O)c1ccc2nc(Cl)ccc2c1. The fourth-order valence-corrected chi connectivity index (χ4v) is 2.00. The van der Waals surface area contributed by atoms with Crippen LogP contribution in [0.15, 0.2) is 30.3 Å². The van der Waals surface area contributed by atoms with Gasteiger partial charge in [-0.15, -0.1) is 0 Å². The van der Waals surface area contributed by atoms with Gasteiger partial charge < -0.3 is 14.9 Å². The van der Waals surface area contributed by atoms with E-state index in [-0.39, 0.29) is 6.61 Å². The van der Waals surface area contributed by atoms with E-state index >= 15 is 0 Å². The molecule has 0 bridgehead atoms. The largest absolute Gasteiger partial charge is 0.464 e. The molecule has 2 N–H and O–H groups in total. The average Bonchev–Trinajstić information content (AvgIpc) is 2.45. The predicted octanol–water partition coefficient (Wildman–Crippen LogP) is 1.85. The van der Waals surface area contributed by atoms with Crippen LogP contribution in [0.25, 0.3) is 10.9 Å². The zero-order chi connectivity index (χ0) is 14.7. The molecule has 1 aromatic heterocycles. The van der Waals surface area contributed by atoms with Crippen LogP contribution in [0.1, 0.15) is 18.6 Å². The third-order valence-corrected chi connectivity index (χ3v) is 3.06. The lowest BCUT2D eigenvalue weighted by Gasteiger charge is -2.17. The molecule has 0 amide bonds. The van der Waals surface area contributed by atoms with Crippen molar-refractivity contribution in [3.05, 3.63) is 41.0 Å². The Labute approximate surface area is 120 Å². The summed E-state index contributed by atoms with van der Waals surface area (Å²) >= 11 is 5.79. The summed E-state index contributed by atoms with van der Waals surface area (Å²) in [6, 6.07) is 8.27. The van der Waals surface area contributed by atoms with E-state index < -0.39 is 18.2 Å². The Hall–Kier alpha value is -1.69. The number of rotatable bonds is 4. The third kappa shape index (κ3) is 3.07. The van der Waals surface area contributed by atoms with Gasteiger partial charge in [-0.25, -0.2) is 9.78 Å². The highest BCUT2D eigenvalue weighted by molar-refractivity contribution is 6.29. The molecule has 6 heteroatoms. The summed E-state index contributed by atoms with van der Waals surface area (Å²) in [6.07, 6.45) is -2.97. The molecule has 1 heterocycles. The van der Waals surface area contributed by atoms with Gasteiger partial charge in [0.05, 0.1) is 12.1 Å². The van der Waals surface area contributed by atoms with Gasteiger partial charge in [-0.2, -0.15) is 0 Å². The number of aromatic nitrogens is 1. The van der Waals surface area contributed by atoms with Gasteiger partial charge in [0, 0.05) is 5.39 Å². The van der Waals surface area contributed by atoms with E-state index in [4.69, 9.17) is 11.6 Å². The topological polar surface area (TPSA) is 79.7 Å². The lowest BCUT2D eigenvalue weighted by atomic mass is 10.0. The number of nitrogens with zero attached hydrogens (tertiary/aromatic N) is 1. The summed E-state index contributed by atoms with van der Waals surface area (Å²) in [5, 5.41) is 20.9. The highest BCUT2D eigenvalue weighted by Crippen LogP contribution is 2.23. The number of benzene rings is 1. The Bertz CT molecular complexity index is 632. The van der Waals surface area contributed by atoms with Gasteiger partial charge >= 0.3 is 5.97 Å². The second-order valence-electron chi connectivity index (χ2n) is 4.23. The van der Waals surface area contributed by atoms with E-state index in [1.54, 1.807) is 37.3 Å². The number of aliphatic hydroxyl groups excluding tert-OH is 2. The summed E-state index contributed by atoms with van der Waals surface area (Å²) in [7, 11) is 0. The van der Waals surface area contributed by atoms with Crippen molar-refractivity contribution in [3.8, 4) is 0 Å². The van der Waals surface area contributed by atoms with Crippen LogP contribution in [0.4, 0.5) is 0 Å². The molecule has 1 aromatic carbocycles. The summed E-state index contributed by atoms with van der Waals surface area (Å²) in [5.74, 6) is -0.852. The van der Waals surface area contributed by atoms with E-state index in [0.29, 0.717) is 16.2 Å². The molecule has 0 aliphatic heterocycles. The highest BCUT2D eigenvalue weighted by atomic mass is 35.5. The Morgan fingerprint density at radius 3 is 2.80 bits per heavy atom. The summed E-state index contributed by atoms with van der Waals surface area (Å²) in [5.41, 5.74) is 1.07. The van der Waals surface area contributed by atoms with Crippen LogP contribution in [0.2, 0.25) is 5.15 Å². The van der Waals surface area contributed by atoms with Crippen molar-refractivity contribution in [3.63, 3.8) is 0 Å². The Morgan fingerprint density at radius 2 is 2.10 bits per heavy atom. The number of hydrogen-bond acceptors (Lipinski definition) is 5. The molecule has 0 aliphatic rings. The normalized spacial score (nSPS) is 14.0. The number of halogens is 1. The molecular formula is C14H14ClNO4. The summed E-state index contributed by atoms with van der Waals surface area (Å²) < 4.78 is 4.67. The first kappa shape index (κ1) is 14.7. The number of esters is 1. The molecule has 0 radical (unpaired) electrons. The van der Waals surface area contributed by atoms with E-state index in [2.05, 4.69) is 9.72 Å². The molecule has 0 saturated carbocycles. The van der Waals surface area contributed by atoms with Crippen LogP contribution >= 0.6 is 11.6 Å². The molecule has 0 fully saturated rings. The number of carbonyl (C=O) groups excluding carboxylic acids is 1. The van der Waals surface area contributed by atoms with Gasteiger partial charge in [-0.3, -0.25) is 0 Å². The maximum absolute atomic E-state index is 11.4. The molecule has 5 nitrogen and oxygen atoms in total. The van der Waals surface area contributed by atoms with Crippen molar-refractivity contribution in [2.24, 2.45) is 0 Å². The van der Waals surface area contributed by atoms with E-state index in [1.807, 2.05) is 0 Å². The molecule has 0 spiro atoms. The van der Waals surface area contributed by atoms with Crippen LogP contribution in [0, 0.1) is 0 Å². The lowest BCUT2D eigenvalue weighted by molar-refractivity contribution is -0.159. The molecule has 20 heavy (non-hydrogen) atoms. The maximum atomic E-state index is 11.4. The highest BCUT2D eigenvalue weighted by Gasteiger charge is 2.27. The summed E-state index contributed by atoms with van der Waals surface area (Å²) in [4.78, 5) is 15.5. The van der Waals surface area contributed by atoms with Crippen molar-refractivity contribution >= 4 is 28.5 Å². The van der Waals surface area contributed by atoms with Crippen LogP contribution < -0.4 is 0 Å². The number of aliphatic hydroxyl groups is 2. The van der Waals surface area contributed by atoms with Crippen LogP contribution in [0.5, 0.6) is 0 Å². The fraction of sp³-hybridized carbons (Fsp3) is 0.286. The quantitative estimate of drug-likeness (QED) is 0.665. The minimum atomic E-state index is -1.62. The fourth-order valence-electron chi connectivity index (χ4n) is 1.84. The third-order valence-electron chi connectivity index (χ3n) is 2.85. The van der Waals surface area contributed by atoms with Gasteiger partial charge in [0.1, 0.15) is 11.3 Å². The Balaban J connectivity index is 2.28. The Kier molecular flexibility index (Phi) is 4.54. The van der Waals surface area contributed by atoms with E-state index in [1.165, 1.54) is 0 Å². The first-order chi connectivity index (χ1) is 9.52. The molecule has 2 unspecified atom stereocenters. The summed E-state index contributed by atoms with van der Waals surface area (Å²) in [6.45, 7) is 1.77. The van der Waals surface area contributed by atoms with Crippen LogP contribution in [-0.2, 0) is 9.53 Å². The number of ether oxygens (including phenoxy) is 1. The van der Waals surface area contributed by atoms with Gasteiger partial charge in [-0.1, -0.05) is 17.7 Å². The predicted molar refractivity (Wildman–Crippen MR) is 74.4 cm³/mol. The minimum absolute atomic E-state index is 0.142. The number of pyridine rings is 1. The van der Waals surface area contributed by atoms with Gasteiger partial charge in [0.2, 0.25) is 0 Å².